The number of carbonyl (C=O) groups is 2. The molecular formula is C27H38BN4O2S. The van der Waals surface area contributed by atoms with Crippen LogP contribution in [0.15, 0.2) is 48.1 Å². The summed E-state index contributed by atoms with van der Waals surface area (Å²) in [6.45, 7) is 13.0. The molecule has 0 bridgehead atoms. The van der Waals surface area contributed by atoms with Crippen molar-refractivity contribution in [2.24, 2.45) is 11.8 Å². The molecule has 2 atom stereocenters. The van der Waals surface area contributed by atoms with Crippen molar-refractivity contribution in [2.45, 2.75) is 60.7 Å². The van der Waals surface area contributed by atoms with Crippen LogP contribution in [0.3, 0.4) is 0 Å². The van der Waals surface area contributed by atoms with E-state index < -0.39 is 0 Å². The molecule has 0 saturated carbocycles. The van der Waals surface area contributed by atoms with Crippen LogP contribution in [0.5, 0.6) is 0 Å². The summed E-state index contributed by atoms with van der Waals surface area (Å²) in [7, 11) is 1.83. The normalized spacial score (nSPS) is 12.2. The van der Waals surface area contributed by atoms with Gasteiger partial charge < -0.3 is 15.1 Å². The number of thiazole rings is 1. The Hall–Kier alpha value is -2.87. The molecule has 2 aromatic heterocycles. The van der Waals surface area contributed by atoms with Crippen molar-refractivity contribution in [3.05, 3.63) is 59.2 Å². The van der Waals surface area contributed by atoms with Gasteiger partial charge in [0.2, 0.25) is 13.3 Å². The highest BCUT2D eigenvalue weighted by molar-refractivity contribution is 7.14. The number of aromatic nitrogens is 2. The third-order valence-corrected chi connectivity index (χ3v) is 6.70. The van der Waals surface area contributed by atoms with Gasteiger partial charge >= 0.3 is 0 Å². The molecule has 2 amide bonds. The average molecular weight is 494 g/mol. The minimum absolute atomic E-state index is 0.112. The van der Waals surface area contributed by atoms with Crippen LogP contribution in [0.2, 0.25) is 6.82 Å². The molecule has 3 aromatic rings. The van der Waals surface area contributed by atoms with E-state index in [2.05, 4.69) is 43.3 Å². The van der Waals surface area contributed by atoms with Gasteiger partial charge in [-0.15, -0.1) is 11.3 Å². The number of nitrogens with one attached hydrogen (secondary N) is 2. The summed E-state index contributed by atoms with van der Waals surface area (Å²) in [5, 5.41) is 7.72. The van der Waals surface area contributed by atoms with Gasteiger partial charge in [0.25, 0.3) is 5.91 Å². The molecule has 0 saturated heterocycles. The maximum absolute atomic E-state index is 12.0. The van der Waals surface area contributed by atoms with Gasteiger partial charge in [0.15, 0.2) is 5.13 Å². The lowest BCUT2D eigenvalue weighted by Crippen LogP contribution is -2.32. The Kier molecular flexibility index (Phi) is 11.8. The van der Waals surface area contributed by atoms with Gasteiger partial charge in [0.1, 0.15) is 0 Å². The Morgan fingerprint density at radius 1 is 1.14 bits per heavy atom. The number of nitrogens with zero attached hydrogens (tertiary/aromatic N) is 2. The fraction of sp³-hybridized carbons (Fsp3) is 0.444. The van der Waals surface area contributed by atoms with E-state index in [0.717, 1.165) is 28.7 Å². The Balaban J connectivity index is 0.000000410. The lowest BCUT2D eigenvalue weighted by molar-refractivity contribution is -0.115. The maximum atomic E-state index is 12.0. The second-order valence-electron chi connectivity index (χ2n) is 9.01. The number of carbonyl (C=O) groups excluding carboxylic acids is 2. The van der Waals surface area contributed by atoms with Crippen LogP contribution in [-0.4, -0.2) is 35.2 Å². The molecule has 1 aromatic carbocycles. The number of hydrogen-bond donors (Lipinski definition) is 2. The fourth-order valence-corrected chi connectivity index (χ4v) is 4.16. The first kappa shape index (κ1) is 28.4. The molecule has 2 heterocycles. The molecular weight excluding hydrogens is 455 g/mol. The Morgan fingerprint density at radius 3 is 2.46 bits per heavy atom. The zero-order valence-corrected chi connectivity index (χ0v) is 22.6. The molecule has 0 aliphatic rings. The van der Waals surface area contributed by atoms with Crippen molar-refractivity contribution in [3.63, 3.8) is 0 Å². The molecule has 6 nitrogen and oxygen atoms in total. The van der Waals surface area contributed by atoms with Crippen molar-refractivity contribution >= 4 is 35.7 Å². The van der Waals surface area contributed by atoms with Crippen LogP contribution < -0.4 is 10.6 Å². The molecule has 2 N–H and O–H groups in total. The summed E-state index contributed by atoms with van der Waals surface area (Å²) >= 11 is 1.35. The summed E-state index contributed by atoms with van der Waals surface area (Å²) in [6, 6.07) is 9.71. The summed E-state index contributed by atoms with van der Waals surface area (Å²) in [6.07, 6.45) is 7.56. The third-order valence-electron chi connectivity index (χ3n) is 5.95. The molecule has 8 heteroatoms. The topological polar surface area (TPSA) is 76.0 Å². The highest BCUT2D eigenvalue weighted by Crippen LogP contribution is 2.25. The Labute approximate surface area is 214 Å². The van der Waals surface area contributed by atoms with Crippen LogP contribution in [0, 0.1) is 18.8 Å². The standard InChI is InChI=1S/C18H18BN4O2S.C9H20/c1-12-4-3-5-13(8-12)15-11-26-18(21-15)22-16(24)9-20-17(25)14-6-7-23(10-14)19-2;1-5-8(3)7-9(4)6-2/h3-8,10-11H,9H2,1-2H3,(H,20,25)(H,21,22,24);8-9H,5-7H2,1-4H3. The van der Waals surface area contributed by atoms with E-state index in [1.54, 1.807) is 22.9 Å². The van der Waals surface area contributed by atoms with Crippen molar-refractivity contribution in [2.75, 3.05) is 11.9 Å². The highest BCUT2D eigenvalue weighted by Gasteiger charge is 2.11. The van der Waals surface area contributed by atoms with Crippen molar-refractivity contribution in [3.8, 4) is 11.3 Å². The molecule has 0 aliphatic carbocycles. The van der Waals surface area contributed by atoms with Crippen LogP contribution in [0.25, 0.3) is 11.3 Å². The highest BCUT2D eigenvalue weighted by atomic mass is 32.1. The Bertz CT molecular complexity index is 1070. The van der Waals surface area contributed by atoms with E-state index in [1.807, 2.05) is 50.8 Å². The fourth-order valence-electron chi connectivity index (χ4n) is 3.42. The number of rotatable bonds is 10. The molecule has 187 valence electrons. The second-order valence-corrected chi connectivity index (χ2v) is 9.86. The Morgan fingerprint density at radius 2 is 1.86 bits per heavy atom. The summed E-state index contributed by atoms with van der Waals surface area (Å²) in [4.78, 5) is 28.5. The first-order valence-electron chi connectivity index (χ1n) is 12.3. The van der Waals surface area contributed by atoms with E-state index in [1.165, 1.54) is 30.6 Å². The largest absolute Gasteiger partial charge is 0.402 e. The zero-order valence-electron chi connectivity index (χ0n) is 21.8. The first-order chi connectivity index (χ1) is 16.7. The van der Waals surface area contributed by atoms with Gasteiger partial charge in [0.05, 0.1) is 17.8 Å². The van der Waals surface area contributed by atoms with Gasteiger partial charge in [-0.3, -0.25) is 9.59 Å². The van der Waals surface area contributed by atoms with Gasteiger partial charge in [0, 0.05) is 17.1 Å². The summed E-state index contributed by atoms with van der Waals surface area (Å²) < 4.78 is 1.78. The predicted molar refractivity (Wildman–Crippen MR) is 148 cm³/mol. The molecule has 0 aliphatic heterocycles. The van der Waals surface area contributed by atoms with Crippen LogP contribution in [0.4, 0.5) is 5.13 Å². The van der Waals surface area contributed by atoms with E-state index in [9.17, 15) is 9.59 Å². The molecule has 0 fully saturated rings. The van der Waals surface area contributed by atoms with Gasteiger partial charge in [-0.2, -0.15) is 0 Å². The van der Waals surface area contributed by atoms with E-state index in [4.69, 9.17) is 0 Å². The van der Waals surface area contributed by atoms with E-state index >= 15 is 0 Å². The van der Waals surface area contributed by atoms with E-state index in [-0.39, 0.29) is 18.4 Å². The van der Waals surface area contributed by atoms with Gasteiger partial charge in [-0.25, -0.2) is 4.98 Å². The van der Waals surface area contributed by atoms with Gasteiger partial charge in [-0.05, 0) is 43.5 Å². The smallest absolute Gasteiger partial charge is 0.253 e. The molecule has 3 rings (SSSR count). The molecule has 1 radical (unpaired) electrons. The SMILES string of the molecule is CCC(C)CC(C)CC.C[B]n1ccc(C(=O)NCC(=O)Nc2nc(-c3cccc(C)c3)cs2)c1. The lowest BCUT2D eigenvalue weighted by atomic mass is 9.94. The number of anilines is 1. The second kappa shape index (κ2) is 14.5. The monoisotopic (exact) mass is 493 g/mol. The average Bonchev–Trinajstić information content (AvgIpc) is 3.52. The van der Waals surface area contributed by atoms with Crippen molar-refractivity contribution in [1.29, 1.82) is 0 Å². The predicted octanol–water partition coefficient (Wildman–Crippen LogP) is 6.27. The van der Waals surface area contributed by atoms with E-state index in [0.29, 0.717) is 10.7 Å². The minimum atomic E-state index is -0.315. The number of amides is 2. The van der Waals surface area contributed by atoms with Crippen LogP contribution >= 0.6 is 11.3 Å². The molecule has 35 heavy (non-hydrogen) atoms. The number of hydrogen-bond acceptors (Lipinski definition) is 4. The summed E-state index contributed by atoms with van der Waals surface area (Å²) in [5.41, 5.74) is 3.48. The lowest BCUT2D eigenvalue weighted by Gasteiger charge is -2.12. The first-order valence-corrected chi connectivity index (χ1v) is 13.2. The van der Waals surface area contributed by atoms with Crippen molar-refractivity contribution < 1.29 is 9.59 Å². The van der Waals surface area contributed by atoms with Gasteiger partial charge in [-0.1, -0.05) is 71.1 Å². The quantitative estimate of drug-likeness (QED) is 0.327. The zero-order chi connectivity index (χ0) is 25.8. The van der Waals surface area contributed by atoms with Crippen LogP contribution in [-0.2, 0) is 4.79 Å². The van der Waals surface area contributed by atoms with Crippen molar-refractivity contribution in [1.82, 2.24) is 14.8 Å². The van der Waals surface area contributed by atoms with Crippen LogP contribution in [0.1, 0.15) is 62.9 Å². The molecule has 0 spiro atoms. The number of benzene rings is 1. The number of aryl methyl sites for hydroxylation is 1. The molecule has 2 unspecified atom stereocenters. The third kappa shape index (κ3) is 9.72. The maximum Gasteiger partial charge on any atom is 0.253 e. The summed E-state index contributed by atoms with van der Waals surface area (Å²) in [5.74, 6) is 1.25. The minimum Gasteiger partial charge on any atom is -0.402 e.